The Morgan fingerprint density at radius 2 is 1.62 bits per heavy atom. The van der Waals surface area contributed by atoms with Gasteiger partial charge >= 0.3 is 0 Å². The van der Waals surface area contributed by atoms with Gasteiger partial charge in [0, 0.05) is 18.7 Å². The Kier molecular flexibility index (Phi) is 5.95. The molecule has 5 nitrogen and oxygen atoms in total. The minimum absolute atomic E-state index is 0.208. The summed E-state index contributed by atoms with van der Waals surface area (Å²) in [4.78, 5) is 23.8. The van der Waals surface area contributed by atoms with Crippen LogP contribution in [-0.2, 0) is 9.59 Å². The standard InChI is InChI=1S/C19H22N2O3/c1-13(20-16-9-11-17(24-3)12-10-16)18(19(23)21-14(2)22)15-7-5-4-6-8-15/h4-13,18,20H,1-3H3,(H,21,22,23). The molecule has 0 saturated heterocycles. The first-order valence-corrected chi connectivity index (χ1v) is 7.78. The molecule has 0 aliphatic carbocycles. The van der Waals surface area contributed by atoms with E-state index in [-0.39, 0.29) is 17.9 Å². The van der Waals surface area contributed by atoms with Crippen LogP contribution in [0, 0.1) is 0 Å². The van der Waals surface area contributed by atoms with Crippen molar-refractivity contribution < 1.29 is 14.3 Å². The maximum atomic E-state index is 12.5. The van der Waals surface area contributed by atoms with Crippen LogP contribution in [0.5, 0.6) is 5.75 Å². The van der Waals surface area contributed by atoms with E-state index in [9.17, 15) is 9.59 Å². The molecule has 2 N–H and O–H groups in total. The third kappa shape index (κ3) is 4.59. The Bertz CT molecular complexity index is 684. The van der Waals surface area contributed by atoms with Gasteiger partial charge in [-0.25, -0.2) is 0 Å². The molecule has 0 heterocycles. The van der Waals surface area contributed by atoms with Crippen molar-refractivity contribution in [3.63, 3.8) is 0 Å². The summed E-state index contributed by atoms with van der Waals surface area (Å²) >= 11 is 0. The SMILES string of the molecule is COc1ccc(NC(C)C(C(=O)NC(C)=O)c2ccccc2)cc1. The molecule has 0 spiro atoms. The van der Waals surface area contributed by atoms with Gasteiger partial charge in [0.25, 0.3) is 0 Å². The summed E-state index contributed by atoms with van der Waals surface area (Å²) in [5.74, 6) is -0.404. The van der Waals surface area contributed by atoms with Crippen molar-refractivity contribution in [2.45, 2.75) is 25.8 Å². The number of hydrogen-bond acceptors (Lipinski definition) is 4. The molecular formula is C19H22N2O3. The normalized spacial score (nSPS) is 12.8. The smallest absolute Gasteiger partial charge is 0.236 e. The number of hydrogen-bond donors (Lipinski definition) is 2. The zero-order chi connectivity index (χ0) is 17.5. The van der Waals surface area contributed by atoms with Crippen LogP contribution in [0.15, 0.2) is 54.6 Å². The van der Waals surface area contributed by atoms with Gasteiger partial charge in [-0.1, -0.05) is 30.3 Å². The van der Waals surface area contributed by atoms with Crippen LogP contribution in [0.2, 0.25) is 0 Å². The molecule has 2 rings (SSSR count). The highest BCUT2D eigenvalue weighted by Gasteiger charge is 2.27. The highest BCUT2D eigenvalue weighted by molar-refractivity contribution is 5.98. The molecule has 0 radical (unpaired) electrons. The molecule has 2 atom stereocenters. The van der Waals surface area contributed by atoms with Crippen LogP contribution in [0.25, 0.3) is 0 Å². The van der Waals surface area contributed by atoms with Crippen LogP contribution in [0.3, 0.4) is 0 Å². The van der Waals surface area contributed by atoms with E-state index in [1.54, 1.807) is 7.11 Å². The summed E-state index contributed by atoms with van der Waals surface area (Å²) in [7, 11) is 1.61. The van der Waals surface area contributed by atoms with Crippen molar-refractivity contribution in [2.24, 2.45) is 0 Å². The van der Waals surface area contributed by atoms with Gasteiger partial charge in [0.05, 0.1) is 13.0 Å². The molecule has 24 heavy (non-hydrogen) atoms. The van der Waals surface area contributed by atoms with Gasteiger partial charge in [-0.05, 0) is 36.8 Å². The second kappa shape index (κ2) is 8.15. The predicted molar refractivity (Wildman–Crippen MR) is 94.1 cm³/mol. The molecule has 5 heteroatoms. The summed E-state index contributed by atoms with van der Waals surface area (Å²) in [5.41, 5.74) is 1.73. The highest BCUT2D eigenvalue weighted by Crippen LogP contribution is 2.24. The number of amides is 2. The number of nitrogens with one attached hydrogen (secondary N) is 2. The monoisotopic (exact) mass is 326 g/mol. The fourth-order valence-electron chi connectivity index (χ4n) is 2.61. The summed E-state index contributed by atoms with van der Waals surface area (Å²) in [6.45, 7) is 3.25. The molecule has 0 aliphatic rings. The molecule has 2 unspecified atom stereocenters. The van der Waals surface area contributed by atoms with Gasteiger partial charge in [0.15, 0.2) is 0 Å². The van der Waals surface area contributed by atoms with E-state index >= 15 is 0 Å². The zero-order valence-electron chi connectivity index (χ0n) is 14.1. The van der Waals surface area contributed by atoms with Crippen LogP contribution in [0.4, 0.5) is 5.69 Å². The predicted octanol–water partition coefficient (Wildman–Crippen LogP) is 2.94. The summed E-state index contributed by atoms with van der Waals surface area (Å²) in [5, 5.41) is 5.71. The Hall–Kier alpha value is -2.82. The average Bonchev–Trinajstić information content (AvgIpc) is 2.56. The van der Waals surface area contributed by atoms with Crippen molar-refractivity contribution >= 4 is 17.5 Å². The Morgan fingerprint density at radius 1 is 1.00 bits per heavy atom. The molecule has 0 saturated carbocycles. The number of imide groups is 1. The number of anilines is 1. The topological polar surface area (TPSA) is 67.4 Å². The van der Waals surface area contributed by atoms with E-state index in [4.69, 9.17) is 4.74 Å². The minimum Gasteiger partial charge on any atom is -0.497 e. The average molecular weight is 326 g/mol. The van der Waals surface area contributed by atoms with E-state index in [1.165, 1.54) is 6.92 Å². The molecule has 2 aromatic rings. The maximum absolute atomic E-state index is 12.5. The second-order valence-corrected chi connectivity index (χ2v) is 5.60. The van der Waals surface area contributed by atoms with Crippen LogP contribution < -0.4 is 15.4 Å². The molecule has 0 aliphatic heterocycles. The summed E-state index contributed by atoms with van der Waals surface area (Å²) in [6, 6.07) is 16.7. The lowest BCUT2D eigenvalue weighted by Crippen LogP contribution is -2.40. The van der Waals surface area contributed by atoms with Crippen LogP contribution in [0.1, 0.15) is 25.3 Å². The summed E-state index contributed by atoms with van der Waals surface area (Å²) in [6.07, 6.45) is 0. The first-order chi connectivity index (χ1) is 11.5. The Balaban J connectivity index is 2.21. The van der Waals surface area contributed by atoms with Crippen molar-refractivity contribution in [2.75, 3.05) is 12.4 Å². The number of carbonyl (C=O) groups is 2. The van der Waals surface area contributed by atoms with Crippen LogP contribution in [-0.4, -0.2) is 25.0 Å². The summed E-state index contributed by atoms with van der Waals surface area (Å²) < 4.78 is 5.14. The van der Waals surface area contributed by atoms with Gasteiger partial charge in [-0.2, -0.15) is 0 Å². The van der Waals surface area contributed by atoms with Gasteiger partial charge in [-0.15, -0.1) is 0 Å². The number of rotatable bonds is 6. The van der Waals surface area contributed by atoms with Crippen molar-refractivity contribution in [3.05, 3.63) is 60.2 Å². The lowest BCUT2D eigenvalue weighted by Gasteiger charge is -2.25. The van der Waals surface area contributed by atoms with Crippen molar-refractivity contribution in [3.8, 4) is 5.75 Å². The fraction of sp³-hybridized carbons (Fsp3) is 0.263. The largest absolute Gasteiger partial charge is 0.497 e. The van der Waals surface area contributed by atoms with E-state index < -0.39 is 5.92 Å². The quantitative estimate of drug-likeness (QED) is 0.856. The fourth-order valence-corrected chi connectivity index (χ4v) is 2.61. The Morgan fingerprint density at radius 3 is 2.17 bits per heavy atom. The Labute approximate surface area is 142 Å². The lowest BCUT2D eigenvalue weighted by atomic mass is 9.91. The molecule has 2 aromatic carbocycles. The number of carbonyl (C=O) groups excluding carboxylic acids is 2. The molecule has 0 fully saturated rings. The second-order valence-electron chi connectivity index (χ2n) is 5.60. The zero-order valence-corrected chi connectivity index (χ0v) is 14.1. The van der Waals surface area contributed by atoms with Crippen LogP contribution >= 0.6 is 0 Å². The van der Waals surface area contributed by atoms with Crippen molar-refractivity contribution in [1.82, 2.24) is 5.32 Å². The van der Waals surface area contributed by atoms with E-state index in [1.807, 2.05) is 61.5 Å². The van der Waals surface area contributed by atoms with Gasteiger partial charge in [0.1, 0.15) is 5.75 Å². The number of benzene rings is 2. The first-order valence-electron chi connectivity index (χ1n) is 7.78. The molecule has 126 valence electrons. The van der Waals surface area contributed by atoms with E-state index in [0.717, 1.165) is 17.0 Å². The molecular weight excluding hydrogens is 304 g/mol. The van der Waals surface area contributed by atoms with Crippen molar-refractivity contribution in [1.29, 1.82) is 0 Å². The minimum atomic E-state index is -0.489. The van der Waals surface area contributed by atoms with Gasteiger partial charge in [-0.3, -0.25) is 14.9 Å². The first kappa shape index (κ1) is 17.5. The lowest BCUT2D eigenvalue weighted by molar-refractivity contribution is -0.130. The third-order valence-electron chi connectivity index (χ3n) is 3.72. The van der Waals surface area contributed by atoms with E-state index in [0.29, 0.717) is 0 Å². The van der Waals surface area contributed by atoms with E-state index in [2.05, 4.69) is 10.6 Å². The maximum Gasteiger partial charge on any atom is 0.236 e. The third-order valence-corrected chi connectivity index (χ3v) is 3.72. The number of methoxy groups -OCH3 is 1. The van der Waals surface area contributed by atoms with Gasteiger partial charge in [0.2, 0.25) is 11.8 Å². The number of ether oxygens (including phenoxy) is 1. The molecule has 0 aromatic heterocycles. The molecule has 2 amide bonds. The van der Waals surface area contributed by atoms with Gasteiger partial charge < -0.3 is 10.1 Å². The highest BCUT2D eigenvalue weighted by atomic mass is 16.5. The molecule has 0 bridgehead atoms.